The number of benzene rings is 1. The number of fused-ring (bicyclic) bond motifs is 1. The molecule has 3 rings (SSSR count). The van der Waals surface area contributed by atoms with Gasteiger partial charge in [-0.25, -0.2) is 4.39 Å². The van der Waals surface area contributed by atoms with Gasteiger partial charge in [-0.15, -0.1) is 0 Å². The lowest BCUT2D eigenvalue weighted by atomic mass is 10.0. The molecule has 4 nitrogen and oxygen atoms in total. The zero-order valence-electron chi connectivity index (χ0n) is 12.9. The van der Waals surface area contributed by atoms with Crippen LogP contribution >= 0.6 is 0 Å². The first-order valence-corrected chi connectivity index (χ1v) is 8.03. The second-order valence-electron chi connectivity index (χ2n) is 5.76. The highest BCUT2D eigenvalue weighted by Crippen LogP contribution is 2.32. The molecule has 0 radical (unpaired) electrons. The molecule has 0 aliphatic carbocycles. The fraction of sp³-hybridized carbons (Fsp3) is 0.647. The maximum absolute atomic E-state index is 13.7. The molecule has 2 fully saturated rings. The molecule has 1 aromatic carbocycles. The molecule has 2 heterocycles. The topological polar surface area (TPSA) is 36.9 Å². The lowest BCUT2D eigenvalue weighted by Gasteiger charge is -2.28. The van der Waals surface area contributed by atoms with Crippen LogP contribution in [0.3, 0.4) is 0 Å². The normalized spacial score (nSPS) is 31.2. The Hall–Kier alpha value is -1.01. The number of unbranched alkanes of at least 4 members (excludes halogenated alkanes) is 1. The monoisotopic (exact) mass is 310 g/mol. The van der Waals surface area contributed by atoms with Crippen molar-refractivity contribution in [1.82, 2.24) is 0 Å². The van der Waals surface area contributed by atoms with Crippen LogP contribution in [0.2, 0.25) is 0 Å². The summed E-state index contributed by atoms with van der Waals surface area (Å²) in [7, 11) is 0. The average molecular weight is 310 g/mol. The number of halogens is 1. The highest BCUT2D eigenvalue weighted by molar-refractivity contribution is 5.16. The Kier molecular flexibility index (Phi) is 5.41. The van der Waals surface area contributed by atoms with E-state index in [-0.39, 0.29) is 37.0 Å². The van der Waals surface area contributed by atoms with Crippen molar-refractivity contribution in [2.75, 3.05) is 13.2 Å². The molecule has 0 spiro atoms. The Labute approximate surface area is 130 Å². The molecular formula is C17H23FO4. The van der Waals surface area contributed by atoms with Gasteiger partial charge in [0.15, 0.2) is 6.29 Å². The SMILES string of the molecule is CCCC[C@H]1O[C@@H]2OCCO[C@@H]2[C@H]1OCc1ccccc1F. The molecular weight excluding hydrogens is 287 g/mol. The lowest BCUT2D eigenvalue weighted by molar-refractivity contribution is -0.222. The van der Waals surface area contributed by atoms with Crippen molar-refractivity contribution in [3.63, 3.8) is 0 Å². The number of rotatable bonds is 6. The zero-order chi connectivity index (χ0) is 15.4. The highest BCUT2D eigenvalue weighted by atomic mass is 19.1. The molecule has 0 aromatic heterocycles. The lowest BCUT2D eigenvalue weighted by Crippen LogP contribution is -2.42. The zero-order valence-corrected chi connectivity index (χ0v) is 12.9. The summed E-state index contributed by atoms with van der Waals surface area (Å²) in [6.45, 7) is 3.45. The average Bonchev–Trinajstić information content (AvgIpc) is 2.90. The van der Waals surface area contributed by atoms with Crippen molar-refractivity contribution in [3.8, 4) is 0 Å². The molecule has 5 heteroatoms. The van der Waals surface area contributed by atoms with E-state index in [2.05, 4.69) is 6.92 Å². The largest absolute Gasteiger partial charge is 0.368 e. The highest BCUT2D eigenvalue weighted by Gasteiger charge is 2.48. The van der Waals surface area contributed by atoms with Crippen molar-refractivity contribution in [1.29, 1.82) is 0 Å². The van der Waals surface area contributed by atoms with Gasteiger partial charge in [0.1, 0.15) is 18.0 Å². The maximum atomic E-state index is 13.7. The quantitative estimate of drug-likeness (QED) is 0.809. The standard InChI is InChI=1S/C17H23FO4/c1-2-3-8-14-15(16-17(22-14)20-10-9-19-16)21-11-12-6-4-5-7-13(12)18/h4-7,14-17H,2-3,8-11H2,1H3/t14-,15+,16-,17+/m1/s1. The summed E-state index contributed by atoms with van der Waals surface area (Å²) in [4.78, 5) is 0. The van der Waals surface area contributed by atoms with Gasteiger partial charge in [0.05, 0.1) is 25.9 Å². The summed E-state index contributed by atoms with van der Waals surface area (Å²) in [5, 5.41) is 0. The van der Waals surface area contributed by atoms with Crippen LogP contribution in [0.25, 0.3) is 0 Å². The van der Waals surface area contributed by atoms with E-state index >= 15 is 0 Å². The van der Waals surface area contributed by atoms with Gasteiger partial charge in [-0.1, -0.05) is 38.0 Å². The van der Waals surface area contributed by atoms with Gasteiger partial charge in [-0.2, -0.15) is 0 Å². The third-order valence-electron chi connectivity index (χ3n) is 4.17. The van der Waals surface area contributed by atoms with Crippen molar-refractivity contribution in [3.05, 3.63) is 35.6 Å². The molecule has 0 unspecified atom stereocenters. The molecule has 2 saturated heterocycles. The van der Waals surface area contributed by atoms with E-state index in [1.54, 1.807) is 12.1 Å². The van der Waals surface area contributed by atoms with Crippen LogP contribution in [0.5, 0.6) is 0 Å². The molecule has 2 aliphatic rings. The molecule has 1 aromatic rings. The van der Waals surface area contributed by atoms with Crippen LogP contribution in [0.4, 0.5) is 4.39 Å². The number of ether oxygens (including phenoxy) is 4. The van der Waals surface area contributed by atoms with Gasteiger partial charge in [0.2, 0.25) is 0 Å². The Morgan fingerprint density at radius 1 is 1.23 bits per heavy atom. The molecule has 0 bridgehead atoms. The predicted molar refractivity (Wildman–Crippen MR) is 78.9 cm³/mol. The number of hydrogen-bond donors (Lipinski definition) is 0. The fourth-order valence-corrected chi connectivity index (χ4v) is 2.99. The molecule has 122 valence electrons. The first kappa shape index (κ1) is 15.9. The van der Waals surface area contributed by atoms with Crippen molar-refractivity contribution < 1.29 is 23.3 Å². The van der Waals surface area contributed by atoms with Crippen LogP contribution in [0.15, 0.2) is 24.3 Å². The molecule has 2 aliphatic heterocycles. The first-order chi connectivity index (χ1) is 10.8. The van der Waals surface area contributed by atoms with Gasteiger partial charge < -0.3 is 18.9 Å². The summed E-state index contributed by atoms with van der Waals surface area (Å²) in [5.41, 5.74) is 0.553. The minimum atomic E-state index is -0.360. The molecule has 0 amide bonds. The first-order valence-electron chi connectivity index (χ1n) is 8.03. The third kappa shape index (κ3) is 3.49. The summed E-state index contributed by atoms with van der Waals surface area (Å²) in [5.74, 6) is -0.246. The summed E-state index contributed by atoms with van der Waals surface area (Å²) in [6.07, 6.45) is 2.21. The Morgan fingerprint density at radius 2 is 2.05 bits per heavy atom. The molecule has 0 N–H and O–H groups in total. The van der Waals surface area contributed by atoms with Crippen molar-refractivity contribution in [2.45, 2.75) is 57.4 Å². The van der Waals surface area contributed by atoms with E-state index in [1.807, 2.05) is 6.07 Å². The van der Waals surface area contributed by atoms with E-state index in [0.29, 0.717) is 18.8 Å². The second-order valence-corrected chi connectivity index (χ2v) is 5.76. The smallest absolute Gasteiger partial charge is 0.186 e. The molecule has 0 saturated carbocycles. The minimum Gasteiger partial charge on any atom is -0.368 e. The minimum absolute atomic E-state index is 0.0557. The van der Waals surface area contributed by atoms with Crippen LogP contribution in [0, 0.1) is 5.82 Å². The van der Waals surface area contributed by atoms with Crippen LogP contribution in [-0.2, 0) is 25.6 Å². The van der Waals surface area contributed by atoms with Crippen molar-refractivity contribution >= 4 is 0 Å². The van der Waals surface area contributed by atoms with E-state index in [1.165, 1.54) is 6.07 Å². The van der Waals surface area contributed by atoms with Gasteiger partial charge in [-0.05, 0) is 12.5 Å². The van der Waals surface area contributed by atoms with Crippen LogP contribution in [0.1, 0.15) is 31.7 Å². The predicted octanol–water partition coefficient (Wildman–Crippen LogP) is 3.04. The summed E-state index contributed by atoms with van der Waals surface area (Å²) < 4.78 is 37.0. The van der Waals surface area contributed by atoms with Gasteiger partial charge in [0, 0.05) is 5.56 Å². The van der Waals surface area contributed by atoms with E-state index in [9.17, 15) is 4.39 Å². The maximum Gasteiger partial charge on any atom is 0.186 e. The molecule has 22 heavy (non-hydrogen) atoms. The summed E-state index contributed by atoms with van der Waals surface area (Å²) >= 11 is 0. The van der Waals surface area contributed by atoms with E-state index < -0.39 is 0 Å². The number of hydrogen-bond acceptors (Lipinski definition) is 4. The van der Waals surface area contributed by atoms with Gasteiger partial charge in [-0.3, -0.25) is 0 Å². The third-order valence-corrected chi connectivity index (χ3v) is 4.17. The Bertz CT molecular complexity index is 481. The van der Waals surface area contributed by atoms with E-state index in [0.717, 1.165) is 19.3 Å². The van der Waals surface area contributed by atoms with E-state index in [4.69, 9.17) is 18.9 Å². The summed E-state index contributed by atoms with van der Waals surface area (Å²) in [6, 6.07) is 6.67. The second kappa shape index (κ2) is 7.51. The van der Waals surface area contributed by atoms with Crippen molar-refractivity contribution in [2.24, 2.45) is 0 Å². The molecule has 4 atom stereocenters. The fourth-order valence-electron chi connectivity index (χ4n) is 2.99. The Balaban J connectivity index is 1.66. The van der Waals surface area contributed by atoms with Crippen LogP contribution in [-0.4, -0.2) is 37.8 Å². The van der Waals surface area contributed by atoms with Crippen LogP contribution < -0.4 is 0 Å². The Morgan fingerprint density at radius 3 is 2.86 bits per heavy atom. The van der Waals surface area contributed by atoms with Gasteiger partial charge >= 0.3 is 0 Å². The van der Waals surface area contributed by atoms with Gasteiger partial charge in [0.25, 0.3) is 0 Å².